The first-order chi connectivity index (χ1) is 10.2. The summed E-state index contributed by atoms with van der Waals surface area (Å²) in [6, 6.07) is 8.35. The Kier molecular flexibility index (Phi) is 2.99. The van der Waals surface area contributed by atoms with Gasteiger partial charge in [0.2, 0.25) is 0 Å². The summed E-state index contributed by atoms with van der Waals surface area (Å²) < 4.78 is 2.35. The Bertz CT molecular complexity index is 683. The van der Waals surface area contributed by atoms with Crippen molar-refractivity contribution in [2.45, 2.75) is 47.7 Å². The first-order valence-electron chi connectivity index (χ1n) is 7.29. The molecule has 2 fully saturated rings. The van der Waals surface area contributed by atoms with Crippen LogP contribution in [0.2, 0.25) is 0 Å². The number of hydrogen-bond donors (Lipinski definition) is 2. The van der Waals surface area contributed by atoms with Crippen molar-refractivity contribution in [2.75, 3.05) is 0 Å². The Balaban J connectivity index is 1.60. The van der Waals surface area contributed by atoms with Crippen molar-refractivity contribution < 1.29 is 0 Å². The number of aromatic nitrogens is 3. The van der Waals surface area contributed by atoms with Crippen LogP contribution in [0.5, 0.6) is 0 Å². The van der Waals surface area contributed by atoms with Crippen molar-refractivity contribution in [3.8, 4) is 0 Å². The number of nitrogens with two attached hydrogens (primary N) is 1. The largest absolute Gasteiger partial charge is 0.384 e. The maximum atomic E-state index is 7.43. The van der Waals surface area contributed by atoms with Gasteiger partial charge in [0.15, 0.2) is 5.16 Å². The molecule has 6 heteroatoms. The molecule has 4 rings (SSSR count). The Labute approximate surface area is 127 Å². The van der Waals surface area contributed by atoms with Crippen molar-refractivity contribution in [1.29, 1.82) is 5.41 Å². The molecular weight excluding hydrogens is 282 g/mol. The molecule has 1 aromatic carbocycles. The molecule has 0 radical (unpaired) electrons. The smallest absolute Gasteiger partial charge is 0.196 e. The fraction of sp³-hybridized carbons (Fsp3) is 0.400. The van der Waals surface area contributed by atoms with Crippen LogP contribution < -0.4 is 5.73 Å². The average Bonchev–Trinajstić information content (AvgIpc) is 3.39. The lowest BCUT2D eigenvalue weighted by molar-refractivity contribution is 0.627. The first kappa shape index (κ1) is 12.9. The van der Waals surface area contributed by atoms with Gasteiger partial charge in [-0.2, -0.15) is 0 Å². The highest BCUT2D eigenvalue weighted by Gasteiger charge is 2.36. The second kappa shape index (κ2) is 4.87. The number of rotatable bonds is 5. The summed E-state index contributed by atoms with van der Waals surface area (Å²) in [5.41, 5.74) is 6.23. The van der Waals surface area contributed by atoms with Gasteiger partial charge in [0.05, 0.1) is 0 Å². The van der Waals surface area contributed by atoms with E-state index in [1.807, 2.05) is 24.3 Å². The fourth-order valence-electron chi connectivity index (χ4n) is 2.46. The van der Waals surface area contributed by atoms with E-state index in [2.05, 4.69) is 14.8 Å². The fourth-order valence-corrected chi connectivity index (χ4v) is 3.37. The maximum Gasteiger partial charge on any atom is 0.196 e. The summed E-state index contributed by atoms with van der Waals surface area (Å²) in [4.78, 5) is 1.11. The Morgan fingerprint density at radius 1 is 1.14 bits per heavy atom. The summed E-state index contributed by atoms with van der Waals surface area (Å²) in [6.45, 7) is 0. The second-order valence-electron chi connectivity index (χ2n) is 5.76. The van der Waals surface area contributed by atoms with Crippen LogP contribution in [0.15, 0.2) is 34.3 Å². The lowest BCUT2D eigenvalue weighted by atomic mass is 10.2. The van der Waals surface area contributed by atoms with Gasteiger partial charge in [0.1, 0.15) is 11.7 Å². The average molecular weight is 299 g/mol. The number of nitrogens with one attached hydrogen (secondary N) is 1. The molecule has 0 aliphatic heterocycles. The molecule has 1 heterocycles. The highest BCUT2D eigenvalue weighted by atomic mass is 32.2. The molecule has 5 nitrogen and oxygen atoms in total. The van der Waals surface area contributed by atoms with E-state index in [1.165, 1.54) is 31.5 Å². The van der Waals surface area contributed by atoms with E-state index in [9.17, 15) is 0 Å². The van der Waals surface area contributed by atoms with E-state index < -0.39 is 0 Å². The maximum absolute atomic E-state index is 7.43. The van der Waals surface area contributed by atoms with Crippen molar-refractivity contribution in [1.82, 2.24) is 14.8 Å². The third-order valence-electron chi connectivity index (χ3n) is 3.92. The van der Waals surface area contributed by atoms with Crippen LogP contribution in [0.4, 0.5) is 0 Å². The van der Waals surface area contributed by atoms with Crippen molar-refractivity contribution >= 4 is 17.6 Å². The molecule has 0 saturated heterocycles. The number of nitrogens with zero attached hydrogens (tertiary/aromatic N) is 3. The number of benzene rings is 1. The molecule has 0 atom stereocenters. The third kappa shape index (κ3) is 2.55. The summed E-state index contributed by atoms with van der Waals surface area (Å²) >= 11 is 1.65. The van der Waals surface area contributed by atoms with Gasteiger partial charge in [-0.05, 0) is 49.6 Å². The number of hydrogen-bond acceptors (Lipinski definition) is 4. The van der Waals surface area contributed by atoms with E-state index in [4.69, 9.17) is 11.1 Å². The van der Waals surface area contributed by atoms with Crippen LogP contribution in [-0.2, 0) is 0 Å². The van der Waals surface area contributed by atoms with Crippen LogP contribution in [0.3, 0.4) is 0 Å². The SMILES string of the molecule is N=C(N)c1ccc(Sc2nnc(C3CC3)n2C2CC2)cc1. The highest BCUT2D eigenvalue weighted by molar-refractivity contribution is 7.99. The van der Waals surface area contributed by atoms with E-state index in [0.29, 0.717) is 12.0 Å². The third-order valence-corrected chi connectivity index (χ3v) is 4.89. The van der Waals surface area contributed by atoms with E-state index in [-0.39, 0.29) is 5.84 Å². The van der Waals surface area contributed by atoms with Crippen LogP contribution in [0.25, 0.3) is 0 Å². The minimum absolute atomic E-state index is 0.101. The quantitative estimate of drug-likeness (QED) is 0.657. The summed E-state index contributed by atoms with van der Waals surface area (Å²) in [5, 5.41) is 17.2. The zero-order valence-electron chi connectivity index (χ0n) is 11.6. The molecule has 0 unspecified atom stereocenters. The molecule has 2 aliphatic rings. The molecule has 1 aromatic heterocycles. The zero-order valence-corrected chi connectivity index (χ0v) is 12.4. The molecule has 0 amide bonds. The van der Waals surface area contributed by atoms with Gasteiger partial charge in [0.25, 0.3) is 0 Å². The first-order valence-corrected chi connectivity index (χ1v) is 8.11. The van der Waals surface area contributed by atoms with Gasteiger partial charge in [0, 0.05) is 22.4 Å². The van der Waals surface area contributed by atoms with E-state index in [1.54, 1.807) is 11.8 Å². The summed E-state index contributed by atoms with van der Waals surface area (Å²) in [5.74, 6) is 1.91. The molecular formula is C15H17N5S. The molecule has 2 saturated carbocycles. The summed E-state index contributed by atoms with van der Waals surface area (Å²) in [6.07, 6.45) is 4.99. The Hall–Kier alpha value is -1.82. The van der Waals surface area contributed by atoms with Gasteiger partial charge < -0.3 is 10.3 Å². The van der Waals surface area contributed by atoms with E-state index >= 15 is 0 Å². The van der Waals surface area contributed by atoms with Crippen molar-refractivity contribution in [3.63, 3.8) is 0 Å². The van der Waals surface area contributed by atoms with E-state index in [0.717, 1.165) is 15.6 Å². The molecule has 2 aromatic rings. The number of amidine groups is 1. The zero-order chi connectivity index (χ0) is 14.4. The van der Waals surface area contributed by atoms with Crippen LogP contribution in [-0.4, -0.2) is 20.6 Å². The molecule has 2 aliphatic carbocycles. The minimum Gasteiger partial charge on any atom is -0.384 e. The predicted molar refractivity (Wildman–Crippen MR) is 81.8 cm³/mol. The Morgan fingerprint density at radius 3 is 2.43 bits per heavy atom. The van der Waals surface area contributed by atoms with Crippen LogP contribution in [0, 0.1) is 5.41 Å². The lowest BCUT2D eigenvalue weighted by Crippen LogP contribution is -2.10. The Morgan fingerprint density at radius 2 is 1.86 bits per heavy atom. The molecule has 3 N–H and O–H groups in total. The summed E-state index contributed by atoms with van der Waals surface area (Å²) in [7, 11) is 0. The lowest BCUT2D eigenvalue weighted by Gasteiger charge is -2.08. The number of nitrogen functional groups attached to an aromatic ring is 1. The topological polar surface area (TPSA) is 80.6 Å². The highest BCUT2D eigenvalue weighted by Crippen LogP contribution is 2.46. The van der Waals surface area contributed by atoms with Gasteiger partial charge in [-0.3, -0.25) is 5.41 Å². The van der Waals surface area contributed by atoms with Crippen LogP contribution >= 0.6 is 11.8 Å². The standard InChI is InChI=1S/C15H17N5S/c16-13(17)9-3-7-12(8-4-9)21-15-19-18-14(10-1-2-10)20(15)11-5-6-11/h3-4,7-8,10-11H,1-2,5-6H2,(H3,16,17). The minimum atomic E-state index is 0.101. The van der Waals surface area contributed by atoms with Gasteiger partial charge in [-0.1, -0.05) is 12.1 Å². The second-order valence-corrected chi connectivity index (χ2v) is 6.80. The molecule has 0 bridgehead atoms. The van der Waals surface area contributed by atoms with Gasteiger partial charge >= 0.3 is 0 Å². The van der Waals surface area contributed by atoms with Gasteiger partial charge in [-0.25, -0.2) is 0 Å². The molecule has 108 valence electrons. The van der Waals surface area contributed by atoms with Crippen molar-refractivity contribution in [3.05, 3.63) is 35.7 Å². The van der Waals surface area contributed by atoms with Crippen molar-refractivity contribution in [2.24, 2.45) is 5.73 Å². The molecule has 0 spiro atoms. The normalized spacial score (nSPS) is 17.9. The monoisotopic (exact) mass is 299 g/mol. The predicted octanol–water partition coefficient (Wildman–Crippen LogP) is 2.93. The molecule has 21 heavy (non-hydrogen) atoms. The van der Waals surface area contributed by atoms with Crippen LogP contribution in [0.1, 0.15) is 49.0 Å². The van der Waals surface area contributed by atoms with Gasteiger partial charge in [-0.15, -0.1) is 10.2 Å².